The Labute approximate surface area is 153 Å². The minimum Gasteiger partial charge on any atom is -0.492 e. The first-order valence-corrected chi connectivity index (χ1v) is 8.51. The lowest BCUT2D eigenvalue weighted by molar-refractivity contribution is -0.116. The molecule has 6 heteroatoms. The van der Waals surface area contributed by atoms with Crippen molar-refractivity contribution in [3.05, 3.63) is 56.1 Å². The molecular weight excluding hydrogens is 436 g/mol. The molecule has 0 aliphatic carbocycles. The minimum absolute atomic E-state index is 0.0352. The van der Waals surface area contributed by atoms with Gasteiger partial charge < -0.3 is 10.1 Å². The molecule has 0 saturated heterocycles. The van der Waals surface area contributed by atoms with Crippen molar-refractivity contribution in [2.45, 2.75) is 12.8 Å². The standard InChI is InChI=1S/C16H14Cl2INO2/c17-11-3-8-15(14(18)10-11)22-9-1-2-16(21)20-13-6-4-12(19)5-7-13/h3-8,10H,1-2,9H2,(H,20,21). The largest absolute Gasteiger partial charge is 0.492 e. The maximum atomic E-state index is 11.8. The molecule has 0 aromatic heterocycles. The molecule has 3 nitrogen and oxygen atoms in total. The highest BCUT2D eigenvalue weighted by molar-refractivity contribution is 14.1. The highest BCUT2D eigenvalue weighted by Gasteiger charge is 2.05. The van der Waals surface area contributed by atoms with Crippen molar-refractivity contribution in [2.75, 3.05) is 11.9 Å². The third-order valence-corrected chi connectivity index (χ3v) is 4.08. The van der Waals surface area contributed by atoms with Crippen LogP contribution in [0.2, 0.25) is 10.0 Å². The molecule has 0 fully saturated rings. The molecule has 22 heavy (non-hydrogen) atoms. The minimum atomic E-state index is -0.0352. The van der Waals surface area contributed by atoms with Crippen LogP contribution in [0.5, 0.6) is 5.75 Å². The highest BCUT2D eigenvalue weighted by atomic mass is 127. The third kappa shape index (κ3) is 5.66. The maximum absolute atomic E-state index is 11.8. The van der Waals surface area contributed by atoms with Gasteiger partial charge in [0.25, 0.3) is 0 Å². The molecule has 0 bridgehead atoms. The quantitative estimate of drug-likeness (QED) is 0.473. The number of carbonyl (C=O) groups is 1. The number of nitrogens with one attached hydrogen (secondary N) is 1. The predicted molar refractivity (Wildman–Crippen MR) is 99.0 cm³/mol. The van der Waals surface area contributed by atoms with Gasteiger partial charge in [0.1, 0.15) is 5.75 Å². The van der Waals surface area contributed by atoms with Crippen molar-refractivity contribution < 1.29 is 9.53 Å². The van der Waals surface area contributed by atoms with Gasteiger partial charge in [-0.15, -0.1) is 0 Å². The Morgan fingerprint density at radius 1 is 1.14 bits per heavy atom. The number of hydrogen-bond donors (Lipinski definition) is 1. The van der Waals surface area contributed by atoms with Crippen LogP contribution in [0.4, 0.5) is 5.69 Å². The first-order chi connectivity index (χ1) is 10.5. The number of anilines is 1. The number of ether oxygens (including phenoxy) is 1. The Bertz CT molecular complexity index is 647. The maximum Gasteiger partial charge on any atom is 0.224 e. The van der Waals surface area contributed by atoms with Crippen LogP contribution in [0.3, 0.4) is 0 Å². The lowest BCUT2D eigenvalue weighted by Crippen LogP contribution is -2.12. The van der Waals surface area contributed by atoms with E-state index in [0.717, 1.165) is 9.26 Å². The van der Waals surface area contributed by atoms with Crippen molar-refractivity contribution in [3.8, 4) is 5.75 Å². The van der Waals surface area contributed by atoms with Gasteiger partial charge in [-0.1, -0.05) is 23.2 Å². The zero-order valence-electron chi connectivity index (χ0n) is 11.6. The molecule has 0 saturated carbocycles. The zero-order chi connectivity index (χ0) is 15.9. The number of rotatable bonds is 6. The van der Waals surface area contributed by atoms with Crippen LogP contribution in [0.25, 0.3) is 0 Å². The third-order valence-electron chi connectivity index (χ3n) is 2.83. The van der Waals surface area contributed by atoms with E-state index in [1.807, 2.05) is 24.3 Å². The first kappa shape index (κ1) is 17.4. The van der Waals surface area contributed by atoms with Gasteiger partial charge in [0.2, 0.25) is 5.91 Å². The zero-order valence-corrected chi connectivity index (χ0v) is 15.3. The SMILES string of the molecule is O=C(CCCOc1ccc(Cl)cc1Cl)Nc1ccc(I)cc1. The van der Waals surface area contributed by atoms with E-state index in [9.17, 15) is 4.79 Å². The summed E-state index contributed by atoms with van der Waals surface area (Å²) < 4.78 is 6.67. The number of carbonyl (C=O) groups excluding carboxylic acids is 1. The second-order valence-electron chi connectivity index (χ2n) is 4.58. The molecule has 2 aromatic rings. The molecule has 0 aliphatic heterocycles. The molecule has 0 unspecified atom stereocenters. The van der Waals surface area contributed by atoms with E-state index in [1.165, 1.54) is 0 Å². The monoisotopic (exact) mass is 449 g/mol. The first-order valence-electron chi connectivity index (χ1n) is 6.68. The summed E-state index contributed by atoms with van der Waals surface area (Å²) in [5, 5.41) is 3.88. The van der Waals surface area contributed by atoms with Crippen LogP contribution in [0.15, 0.2) is 42.5 Å². The topological polar surface area (TPSA) is 38.3 Å². The Morgan fingerprint density at radius 2 is 1.86 bits per heavy atom. The average molecular weight is 450 g/mol. The molecule has 1 N–H and O–H groups in total. The van der Waals surface area contributed by atoms with Gasteiger partial charge in [0, 0.05) is 20.7 Å². The average Bonchev–Trinajstić information content (AvgIpc) is 2.48. The van der Waals surface area contributed by atoms with Crippen molar-refractivity contribution >= 4 is 57.4 Å². The molecule has 0 atom stereocenters. The molecule has 1 amide bonds. The fourth-order valence-corrected chi connectivity index (χ4v) is 2.59. The van der Waals surface area contributed by atoms with E-state index in [0.29, 0.717) is 35.2 Å². The van der Waals surface area contributed by atoms with E-state index < -0.39 is 0 Å². The fourth-order valence-electron chi connectivity index (χ4n) is 1.76. The van der Waals surface area contributed by atoms with Gasteiger partial charge in [-0.25, -0.2) is 0 Å². The van der Waals surface area contributed by atoms with E-state index in [4.69, 9.17) is 27.9 Å². The van der Waals surface area contributed by atoms with E-state index in [-0.39, 0.29) is 5.91 Å². The second-order valence-corrected chi connectivity index (χ2v) is 6.67. The van der Waals surface area contributed by atoms with Gasteiger partial charge in [-0.05, 0) is 71.5 Å². The van der Waals surface area contributed by atoms with Gasteiger partial charge in [-0.3, -0.25) is 4.79 Å². The fraction of sp³-hybridized carbons (Fsp3) is 0.188. The second kappa shape index (κ2) is 8.60. The predicted octanol–water partition coefficient (Wildman–Crippen LogP) is 5.40. The Morgan fingerprint density at radius 3 is 2.55 bits per heavy atom. The Hall–Kier alpha value is -0.980. The summed E-state index contributed by atoms with van der Waals surface area (Å²) in [4.78, 5) is 11.8. The summed E-state index contributed by atoms with van der Waals surface area (Å²) in [6.07, 6.45) is 0.992. The van der Waals surface area contributed by atoms with Crippen LogP contribution >= 0.6 is 45.8 Å². The van der Waals surface area contributed by atoms with Crippen molar-refractivity contribution in [3.63, 3.8) is 0 Å². The summed E-state index contributed by atoms with van der Waals surface area (Å²) in [5.41, 5.74) is 0.798. The Kier molecular flexibility index (Phi) is 6.79. The molecule has 2 aromatic carbocycles. The lowest BCUT2D eigenvalue weighted by Gasteiger charge is -2.08. The lowest BCUT2D eigenvalue weighted by atomic mass is 10.2. The Balaban J connectivity index is 1.72. The summed E-state index contributed by atoms with van der Waals surface area (Å²) in [5.74, 6) is 0.538. The van der Waals surface area contributed by atoms with Crippen molar-refractivity contribution in [2.24, 2.45) is 0 Å². The van der Waals surface area contributed by atoms with Crippen LogP contribution in [0, 0.1) is 3.57 Å². The summed E-state index contributed by atoms with van der Waals surface area (Å²) in [6, 6.07) is 12.7. The van der Waals surface area contributed by atoms with E-state index in [2.05, 4.69) is 27.9 Å². The highest BCUT2D eigenvalue weighted by Crippen LogP contribution is 2.27. The van der Waals surface area contributed by atoms with Crippen LogP contribution in [-0.4, -0.2) is 12.5 Å². The number of benzene rings is 2. The van der Waals surface area contributed by atoms with Gasteiger partial charge in [-0.2, -0.15) is 0 Å². The number of hydrogen-bond acceptors (Lipinski definition) is 2. The van der Waals surface area contributed by atoms with E-state index in [1.54, 1.807) is 18.2 Å². The van der Waals surface area contributed by atoms with Crippen LogP contribution in [-0.2, 0) is 4.79 Å². The molecule has 0 spiro atoms. The molecule has 0 radical (unpaired) electrons. The normalized spacial score (nSPS) is 10.3. The summed E-state index contributed by atoms with van der Waals surface area (Å²) in [6.45, 7) is 0.418. The molecule has 0 heterocycles. The van der Waals surface area contributed by atoms with Crippen molar-refractivity contribution in [1.29, 1.82) is 0 Å². The molecule has 0 aliphatic rings. The summed E-state index contributed by atoms with van der Waals surface area (Å²) in [7, 11) is 0. The molecular formula is C16H14Cl2INO2. The van der Waals surface area contributed by atoms with Crippen molar-refractivity contribution in [1.82, 2.24) is 0 Å². The summed E-state index contributed by atoms with van der Waals surface area (Å²) >= 11 is 14.0. The molecule has 116 valence electrons. The smallest absolute Gasteiger partial charge is 0.224 e. The number of halogens is 3. The number of amides is 1. The van der Waals surface area contributed by atoms with E-state index >= 15 is 0 Å². The van der Waals surface area contributed by atoms with Gasteiger partial charge in [0.15, 0.2) is 0 Å². The van der Waals surface area contributed by atoms with Crippen LogP contribution < -0.4 is 10.1 Å². The van der Waals surface area contributed by atoms with Gasteiger partial charge >= 0.3 is 0 Å². The van der Waals surface area contributed by atoms with Crippen LogP contribution in [0.1, 0.15) is 12.8 Å². The molecule has 2 rings (SSSR count). The van der Waals surface area contributed by atoms with Gasteiger partial charge in [0.05, 0.1) is 11.6 Å².